The van der Waals surface area contributed by atoms with Gasteiger partial charge in [0.1, 0.15) is 0 Å². The maximum absolute atomic E-state index is 11.5. The molecule has 0 rings (SSSR count). The lowest BCUT2D eigenvalue weighted by Crippen LogP contribution is -2.44. The van der Waals surface area contributed by atoms with E-state index in [0.29, 0.717) is 12.2 Å². The molecule has 15 heavy (non-hydrogen) atoms. The van der Waals surface area contributed by atoms with Gasteiger partial charge in [0, 0.05) is 28.9 Å². The van der Waals surface area contributed by atoms with Gasteiger partial charge in [-0.15, -0.1) is 0 Å². The lowest BCUT2D eigenvalue weighted by atomic mass is 10.1. The molecule has 0 aromatic heterocycles. The summed E-state index contributed by atoms with van der Waals surface area (Å²) in [6.45, 7) is 3.90. The topological polar surface area (TPSA) is 72.2 Å². The molecule has 4 nitrogen and oxygen atoms in total. The molecule has 0 spiro atoms. The second-order valence-corrected chi connectivity index (χ2v) is 5.43. The predicted molar refractivity (Wildman–Crippen MR) is 64.0 cm³/mol. The minimum atomic E-state index is -0.798. The van der Waals surface area contributed by atoms with Crippen LogP contribution in [0.5, 0.6) is 0 Å². The first kappa shape index (κ1) is 14.6. The quantitative estimate of drug-likeness (QED) is 0.669. The second kappa shape index (κ2) is 7.82. The molecule has 0 saturated heterocycles. The van der Waals surface area contributed by atoms with Gasteiger partial charge in [-0.2, -0.15) is 0 Å². The van der Waals surface area contributed by atoms with Gasteiger partial charge in [0.2, 0.25) is 5.91 Å². The Labute approximate surface area is 94.4 Å². The van der Waals surface area contributed by atoms with Crippen LogP contribution in [0.2, 0.25) is 0 Å². The van der Waals surface area contributed by atoms with E-state index in [0.717, 1.165) is 12.8 Å². The van der Waals surface area contributed by atoms with E-state index in [-0.39, 0.29) is 11.9 Å². The van der Waals surface area contributed by atoms with Gasteiger partial charge in [-0.1, -0.05) is 13.3 Å². The van der Waals surface area contributed by atoms with Crippen molar-refractivity contribution in [2.45, 2.75) is 45.2 Å². The van der Waals surface area contributed by atoms with Gasteiger partial charge in [0.05, 0.1) is 6.04 Å². The number of hydrogen-bond donors (Lipinski definition) is 2. The summed E-state index contributed by atoms with van der Waals surface area (Å²) in [5, 5.41) is 2.82. The Morgan fingerprint density at radius 3 is 2.53 bits per heavy atom. The summed E-state index contributed by atoms with van der Waals surface area (Å²) in [7, 11) is -0.798. The van der Waals surface area contributed by atoms with E-state index in [9.17, 15) is 9.00 Å². The van der Waals surface area contributed by atoms with E-state index >= 15 is 0 Å². The van der Waals surface area contributed by atoms with Crippen molar-refractivity contribution < 1.29 is 9.00 Å². The molecular weight excluding hydrogens is 212 g/mol. The van der Waals surface area contributed by atoms with E-state index in [1.807, 2.05) is 13.8 Å². The van der Waals surface area contributed by atoms with Crippen LogP contribution in [-0.4, -0.2) is 34.2 Å². The van der Waals surface area contributed by atoms with Gasteiger partial charge in [0.25, 0.3) is 0 Å². The third-order valence-electron chi connectivity index (χ3n) is 2.16. The fraction of sp³-hybridized carbons (Fsp3) is 0.900. The summed E-state index contributed by atoms with van der Waals surface area (Å²) in [4.78, 5) is 11.5. The largest absolute Gasteiger partial charge is 0.352 e. The van der Waals surface area contributed by atoms with Crippen LogP contribution in [0, 0.1) is 0 Å². The zero-order valence-corrected chi connectivity index (χ0v) is 10.6. The molecule has 0 aliphatic heterocycles. The van der Waals surface area contributed by atoms with Crippen LogP contribution >= 0.6 is 0 Å². The molecule has 1 amide bonds. The van der Waals surface area contributed by atoms with Crippen molar-refractivity contribution in [1.82, 2.24) is 5.32 Å². The maximum Gasteiger partial charge on any atom is 0.237 e. The predicted octanol–water partition coefficient (Wildman–Crippen LogP) is 0.387. The Morgan fingerprint density at radius 2 is 2.07 bits per heavy atom. The molecule has 0 radical (unpaired) electrons. The number of hydrogen-bond acceptors (Lipinski definition) is 3. The van der Waals surface area contributed by atoms with Gasteiger partial charge in [-0.3, -0.25) is 9.00 Å². The third-order valence-corrected chi connectivity index (χ3v) is 2.97. The molecule has 0 fully saturated rings. The highest BCUT2D eigenvalue weighted by Gasteiger charge is 2.14. The van der Waals surface area contributed by atoms with Crippen molar-refractivity contribution in [3.63, 3.8) is 0 Å². The lowest BCUT2D eigenvalue weighted by molar-refractivity contribution is -0.123. The van der Waals surface area contributed by atoms with Crippen molar-refractivity contribution >= 4 is 16.7 Å². The zero-order valence-electron chi connectivity index (χ0n) is 9.79. The number of rotatable bonds is 7. The summed E-state index contributed by atoms with van der Waals surface area (Å²) in [5.41, 5.74) is 5.66. The number of nitrogens with one attached hydrogen (secondary N) is 1. The number of nitrogens with two attached hydrogens (primary N) is 1. The molecule has 5 heteroatoms. The normalized spacial score (nSPS) is 16.8. The number of carbonyl (C=O) groups excluding carboxylic acids is 1. The van der Waals surface area contributed by atoms with Crippen LogP contribution in [0.4, 0.5) is 0 Å². The van der Waals surface area contributed by atoms with Crippen molar-refractivity contribution in [2.75, 3.05) is 12.0 Å². The Balaban J connectivity index is 3.79. The van der Waals surface area contributed by atoms with Gasteiger partial charge in [-0.05, 0) is 19.8 Å². The summed E-state index contributed by atoms with van der Waals surface area (Å²) in [6.07, 6.45) is 4.01. The van der Waals surface area contributed by atoms with E-state index in [2.05, 4.69) is 5.32 Å². The first-order chi connectivity index (χ1) is 6.97. The molecule has 3 atom stereocenters. The van der Waals surface area contributed by atoms with Crippen molar-refractivity contribution in [3.8, 4) is 0 Å². The molecule has 0 bridgehead atoms. The van der Waals surface area contributed by atoms with Gasteiger partial charge >= 0.3 is 0 Å². The first-order valence-electron chi connectivity index (χ1n) is 5.33. The molecule has 0 aromatic rings. The molecule has 0 aliphatic rings. The average Bonchev–Trinajstić information content (AvgIpc) is 2.15. The highest BCUT2D eigenvalue weighted by atomic mass is 32.2. The standard InChI is InChI=1S/C10H22N2O2S/c1-4-5-9(11)10(13)12-8(2)6-7-15(3)14/h8-9H,4-7,11H2,1-3H3,(H,12,13)/t8?,9-,15?/m0/s1. The first-order valence-corrected chi connectivity index (χ1v) is 7.06. The zero-order chi connectivity index (χ0) is 11.8. The Kier molecular flexibility index (Phi) is 7.60. The highest BCUT2D eigenvalue weighted by Crippen LogP contribution is 1.97. The highest BCUT2D eigenvalue weighted by molar-refractivity contribution is 7.84. The van der Waals surface area contributed by atoms with Gasteiger partial charge in [0.15, 0.2) is 0 Å². The summed E-state index contributed by atoms with van der Waals surface area (Å²) < 4.78 is 10.8. The summed E-state index contributed by atoms with van der Waals surface area (Å²) in [6, 6.07) is -0.367. The van der Waals surface area contributed by atoms with Crippen LogP contribution in [0.25, 0.3) is 0 Å². The minimum absolute atomic E-state index is 0.0457. The van der Waals surface area contributed by atoms with Crippen molar-refractivity contribution in [3.05, 3.63) is 0 Å². The average molecular weight is 234 g/mol. The van der Waals surface area contributed by atoms with Crippen LogP contribution < -0.4 is 11.1 Å². The smallest absolute Gasteiger partial charge is 0.237 e. The molecule has 2 unspecified atom stereocenters. The van der Waals surface area contributed by atoms with E-state index in [4.69, 9.17) is 5.73 Å². The fourth-order valence-corrected chi connectivity index (χ4v) is 1.89. The van der Waals surface area contributed by atoms with Crippen LogP contribution in [-0.2, 0) is 15.6 Å². The second-order valence-electron chi connectivity index (χ2n) is 3.87. The van der Waals surface area contributed by atoms with Crippen LogP contribution in [0.3, 0.4) is 0 Å². The monoisotopic (exact) mass is 234 g/mol. The maximum atomic E-state index is 11.5. The van der Waals surface area contributed by atoms with Crippen LogP contribution in [0.1, 0.15) is 33.1 Å². The molecule has 0 aromatic carbocycles. The lowest BCUT2D eigenvalue weighted by Gasteiger charge is -2.16. The Morgan fingerprint density at radius 1 is 1.47 bits per heavy atom. The number of carbonyl (C=O) groups is 1. The third kappa shape index (κ3) is 7.50. The molecule has 0 heterocycles. The fourth-order valence-electron chi connectivity index (χ4n) is 1.21. The Bertz CT molecular complexity index is 221. The van der Waals surface area contributed by atoms with Crippen molar-refractivity contribution in [1.29, 1.82) is 0 Å². The molecule has 3 N–H and O–H groups in total. The van der Waals surface area contributed by atoms with Crippen molar-refractivity contribution in [2.24, 2.45) is 5.73 Å². The molecule has 90 valence electrons. The van der Waals surface area contributed by atoms with E-state index in [1.54, 1.807) is 6.26 Å². The van der Waals surface area contributed by atoms with E-state index in [1.165, 1.54) is 0 Å². The van der Waals surface area contributed by atoms with Gasteiger partial charge < -0.3 is 11.1 Å². The summed E-state index contributed by atoms with van der Waals surface area (Å²) >= 11 is 0. The van der Waals surface area contributed by atoms with E-state index < -0.39 is 16.8 Å². The Hall–Kier alpha value is -0.420. The molecule has 0 aliphatic carbocycles. The van der Waals surface area contributed by atoms with Gasteiger partial charge in [-0.25, -0.2) is 0 Å². The summed E-state index contributed by atoms with van der Waals surface area (Å²) in [5.74, 6) is 0.510. The number of amides is 1. The minimum Gasteiger partial charge on any atom is -0.352 e. The SMILES string of the molecule is CCC[C@H](N)C(=O)NC(C)CCS(C)=O. The van der Waals surface area contributed by atoms with Crippen LogP contribution in [0.15, 0.2) is 0 Å². The molecular formula is C10H22N2O2S. The molecule has 0 saturated carbocycles.